The quantitative estimate of drug-likeness (QED) is 0.588. The second kappa shape index (κ2) is 4.34. The van der Waals surface area contributed by atoms with E-state index in [9.17, 15) is 0 Å². The van der Waals surface area contributed by atoms with E-state index in [4.69, 9.17) is 24.4 Å². The van der Waals surface area contributed by atoms with Crippen LogP contribution in [0.15, 0.2) is 12.3 Å². The Morgan fingerprint density at radius 3 is 2.54 bits per heavy atom. The fourth-order valence-corrected chi connectivity index (χ4v) is 1.53. The van der Waals surface area contributed by atoms with Gasteiger partial charge in [0, 0.05) is 6.20 Å². The van der Waals surface area contributed by atoms with Crippen molar-refractivity contribution in [3.63, 3.8) is 0 Å². The summed E-state index contributed by atoms with van der Waals surface area (Å²) >= 11 is 9.92. The molecule has 0 unspecified atom stereocenters. The minimum Gasteiger partial charge on any atom is -0.358 e. The summed E-state index contributed by atoms with van der Waals surface area (Å²) in [7, 11) is 0. The number of hydrogen-bond acceptors (Lipinski definition) is 2. The van der Waals surface area contributed by atoms with Crippen molar-refractivity contribution in [2.75, 3.05) is 0 Å². The minimum absolute atomic E-state index is 0.558. The van der Waals surface area contributed by atoms with Gasteiger partial charge in [0.1, 0.15) is 4.64 Å². The number of nitrogens with one attached hydrogen (secondary N) is 3. The van der Waals surface area contributed by atoms with Crippen molar-refractivity contribution in [1.29, 1.82) is 0 Å². The third-order valence-electron chi connectivity index (χ3n) is 1.45. The van der Waals surface area contributed by atoms with Gasteiger partial charge in [-0.1, -0.05) is 26.1 Å². The van der Waals surface area contributed by atoms with Gasteiger partial charge in [0.2, 0.25) is 0 Å². The van der Waals surface area contributed by atoms with Crippen molar-refractivity contribution in [3.8, 4) is 0 Å². The molecule has 0 bridgehead atoms. The molecule has 2 aromatic heterocycles. The molecule has 0 spiro atoms. The van der Waals surface area contributed by atoms with Crippen LogP contribution >= 0.6 is 24.4 Å². The first kappa shape index (κ1) is 10.1. The van der Waals surface area contributed by atoms with E-state index in [1.54, 1.807) is 0 Å². The molecule has 0 aromatic carbocycles. The van der Waals surface area contributed by atoms with Crippen LogP contribution in [0.25, 0.3) is 11.0 Å². The number of H-pyrrole nitrogens is 3. The molecule has 0 amide bonds. The number of fused-ring (bicyclic) bond motifs is 1. The molecular formula is C8H11N3S2. The van der Waals surface area contributed by atoms with E-state index in [1.165, 1.54) is 0 Å². The molecule has 2 heterocycles. The van der Waals surface area contributed by atoms with E-state index < -0.39 is 0 Å². The average Bonchev–Trinajstić information content (AvgIpc) is 2.55. The molecular weight excluding hydrogens is 202 g/mol. The zero-order valence-corrected chi connectivity index (χ0v) is 9.10. The van der Waals surface area contributed by atoms with E-state index >= 15 is 0 Å². The molecule has 13 heavy (non-hydrogen) atoms. The van der Waals surface area contributed by atoms with Crippen LogP contribution in [0.2, 0.25) is 0 Å². The Balaban J connectivity index is 0.000000396. The second-order valence-electron chi connectivity index (χ2n) is 2.17. The Morgan fingerprint density at radius 1 is 1.15 bits per heavy atom. The summed E-state index contributed by atoms with van der Waals surface area (Å²) in [5.74, 6) is 0. The molecule has 70 valence electrons. The minimum atomic E-state index is 0.558. The molecule has 2 aromatic rings. The number of hydrogen-bond donors (Lipinski definition) is 3. The lowest BCUT2D eigenvalue weighted by molar-refractivity contribution is 1.16. The SMILES string of the molecule is CC.S=c1[nH]c(=S)c2[nH]ccc2[nH]1. The Bertz CT molecular complexity index is 492. The molecule has 0 atom stereocenters. The normalized spacial score (nSPS) is 9.38. The first-order valence-corrected chi connectivity index (χ1v) is 4.89. The van der Waals surface area contributed by atoms with Crippen molar-refractivity contribution in [2.24, 2.45) is 0 Å². The highest BCUT2D eigenvalue weighted by Gasteiger charge is 1.94. The number of aromatic amines is 3. The van der Waals surface area contributed by atoms with E-state index in [0.717, 1.165) is 11.0 Å². The summed E-state index contributed by atoms with van der Waals surface area (Å²) in [6.45, 7) is 4.00. The van der Waals surface area contributed by atoms with Crippen LogP contribution in [0.5, 0.6) is 0 Å². The average molecular weight is 213 g/mol. The van der Waals surface area contributed by atoms with Gasteiger partial charge in [0.25, 0.3) is 0 Å². The number of aromatic nitrogens is 3. The van der Waals surface area contributed by atoms with Gasteiger partial charge in [-0.3, -0.25) is 0 Å². The van der Waals surface area contributed by atoms with Crippen LogP contribution < -0.4 is 0 Å². The third-order valence-corrected chi connectivity index (χ3v) is 1.96. The Hall–Kier alpha value is -0.940. The Labute approximate surface area is 86.2 Å². The monoisotopic (exact) mass is 213 g/mol. The van der Waals surface area contributed by atoms with Crippen LogP contribution in [-0.2, 0) is 0 Å². The smallest absolute Gasteiger partial charge is 0.176 e. The summed E-state index contributed by atoms with van der Waals surface area (Å²) in [5.41, 5.74) is 1.84. The lowest BCUT2D eigenvalue weighted by atomic mass is 10.5. The zero-order valence-electron chi connectivity index (χ0n) is 7.47. The maximum absolute atomic E-state index is 5.02. The molecule has 5 heteroatoms. The summed E-state index contributed by atoms with van der Waals surface area (Å²) in [6.07, 6.45) is 1.82. The lowest BCUT2D eigenvalue weighted by Gasteiger charge is -1.89. The van der Waals surface area contributed by atoms with Crippen LogP contribution in [0.1, 0.15) is 13.8 Å². The summed E-state index contributed by atoms with van der Waals surface area (Å²) in [5, 5.41) is 0. The molecule has 0 aliphatic rings. The Kier molecular flexibility index (Phi) is 3.39. The highest BCUT2D eigenvalue weighted by atomic mass is 32.1. The molecule has 3 N–H and O–H groups in total. The van der Waals surface area contributed by atoms with Crippen molar-refractivity contribution in [3.05, 3.63) is 21.7 Å². The Morgan fingerprint density at radius 2 is 1.85 bits per heavy atom. The van der Waals surface area contributed by atoms with Crippen LogP contribution in [0, 0.1) is 9.41 Å². The predicted molar refractivity (Wildman–Crippen MR) is 60.0 cm³/mol. The maximum Gasteiger partial charge on any atom is 0.176 e. The van der Waals surface area contributed by atoms with Gasteiger partial charge in [0.15, 0.2) is 4.77 Å². The molecule has 0 radical (unpaired) electrons. The van der Waals surface area contributed by atoms with Gasteiger partial charge in [-0.15, -0.1) is 0 Å². The van der Waals surface area contributed by atoms with Crippen LogP contribution in [0.3, 0.4) is 0 Å². The predicted octanol–water partition coefficient (Wildman–Crippen LogP) is 3.31. The largest absolute Gasteiger partial charge is 0.358 e. The van der Waals surface area contributed by atoms with Crippen LogP contribution in [-0.4, -0.2) is 15.0 Å². The maximum atomic E-state index is 5.02. The standard InChI is InChI=1S/C6H5N3S2.C2H6/c10-5-4-3(1-2-7-4)8-6(11)9-5;1-2/h1-2,7H,(H2,8,9,10,11);1-2H3. The van der Waals surface area contributed by atoms with Gasteiger partial charge in [-0.2, -0.15) is 0 Å². The highest BCUT2D eigenvalue weighted by Crippen LogP contribution is 2.07. The first-order chi connectivity index (χ1) is 6.27. The highest BCUT2D eigenvalue weighted by molar-refractivity contribution is 7.72. The van der Waals surface area contributed by atoms with Gasteiger partial charge >= 0.3 is 0 Å². The third kappa shape index (κ3) is 2.05. The van der Waals surface area contributed by atoms with E-state index in [0.29, 0.717) is 9.41 Å². The summed E-state index contributed by atoms with van der Waals surface area (Å²) < 4.78 is 1.20. The summed E-state index contributed by atoms with van der Waals surface area (Å²) in [6, 6.07) is 1.90. The molecule has 0 saturated carbocycles. The molecule has 3 nitrogen and oxygen atoms in total. The molecule has 2 rings (SSSR count). The van der Waals surface area contributed by atoms with E-state index in [2.05, 4.69) is 15.0 Å². The lowest BCUT2D eigenvalue weighted by Crippen LogP contribution is -1.82. The van der Waals surface area contributed by atoms with Crippen molar-refractivity contribution in [2.45, 2.75) is 13.8 Å². The van der Waals surface area contributed by atoms with Gasteiger partial charge in [0.05, 0.1) is 11.0 Å². The van der Waals surface area contributed by atoms with Gasteiger partial charge in [-0.05, 0) is 18.3 Å². The molecule has 0 aliphatic heterocycles. The topological polar surface area (TPSA) is 47.4 Å². The second-order valence-corrected chi connectivity index (χ2v) is 2.99. The van der Waals surface area contributed by atoms with Crippen molar-refractivity contribution in [1.82, 2.24) is 15.0 Å². The number of rotatable bonds is 0. The molecule has 0 aliphatic carbocycles. The summed E-state index contributed by atoms with van der Waals surface area (Å²) in [4.78, 5) is 8.82. The fourth-order valence-electron chi connectivity index (χ4n) is 0.981. The van der Waals surface area contributed by atoms with Crippen molar-refractivity contribution < 1.29 is 0 Å². The van der Waals surface area contributed by atoms with Crippen LogP contribution in [0.4, 0.5) is 0 Å². The molecule has 0 saturated heterocycles. The fraction of sp³-hybridized carbons (Fsp3) is 0.250. The van der Waals surface area contributed by atoms with Crippen molar-refractivity contribution >= 4 is 35.5 Å². The van der Waals surface area contributed by atoms with E-state index in [1.807, 2.05) is 26.1 Å². The molecule has 0 fully saturated rings. The zero-order chi connectivity index (χ0) is 9.84. The van der Waals surface area contributed by atoms with E-state index in [-0.39, 0.29) is 0 Å². The van der Waals surface area contributed by atoms with Gasteiger partial charge < -0.3 is 15.0 Å². The van der Waals surface area contributed by atoms with Gasteiger partial charge in [-0.25, -0.2) is 0 Å². The first-order valence-electron chi connectivity index (χ1n) is 4.07.